The van der Waals surface area contributed by atoms with E-state index in [0.717, 1.165) is 6.07 Å². The Hall–Kier alpha value is -1.82. The van der Waals surface area contributed by atoms with E-state index >= 15 is 0 Å². The minimum absolute atomic E-state index is 0.0585. The van der Waals surface area contributed by atoms with Gasteiger partial charge in [0.2, 0.25) is 0 Å². The van der Waals surface area contributed by atoms with Crippen LogP contribution in [-0.4, -0.2) is 10.8 Å². The average Bonchev–Trinajstić information content (AvgIpc) is 2.70. The van der Waals surface area contributed by atoms with E-state index in [-0.39, 0.29) is 24.2 Å². The van der Waals surface area contributed by atoms with Crippen LogP contribution in [0.3, 0.4) is 0 Å². The van der Waals surface area contributed by atoms with Crippen molar-refractivity contribution in [2.24, 2.45) is 0 Å². The standard InChI is InChI=1S/C12H10F2N2OS/c13-10-3-1-2-7(11(10)14)4-9(17)5-8-6-18-12(15)16-8/h1-3,6H,4-5H2,(H2,15,16). The van der Waals surface area contributed by atoms with Gasteiger partial charge < -0.3 is 5.73 Å². The summed E-state index contributed by atoms with van der Waals surface area (Å²) < 4.78 is 26.3. The zero-order chi connectivity index (χ0) is 13.1. The first-order valence-electron chi connectivity index (χ1n) is 5.20. The number of carbonyl (C=O) groups excluding carboxylic acids is 1. The van der Waals surface area contributed by atoms with Crippen molar-refractivity contribution < 1.29 is 13.6 Å². The smallest absolute Gasteiger partial charge is 0.180 e. The molecule has 1 aromatic carbocycles. The summed E-state index contributed by atoms with van der Waals surface area (Å²) in [5, 5.41) is 2.06. The molecule has 2 rings (SSSR count). The van der Waals surface area contributed by atoms with Gasteiger partial charge in [0.05, 0.1) is 5.69 Å². The molecule has 0 radical (unpaired) electrons. The number of nitrogen functional groups attached to an aromatic ring is 1. The van der Waals surface area contributed by atoms with Gasteiger partial charge in [0, 0.05) is 18.2 Å². The zero-order valence-electron chi connectivity index (χ0n) is 9.32. The molecule has 0 atom stereocenters. The highest BCUT2D eigenvalue weighted by Gasteiger charge is 2.13. The lowest BCUT2D eigenvalue weighted by Crippen LogP contribution is -2.09. The van der Waals surface area contributed by atoms with Gasteiger partial charge in [-0.15, -0.1) is 11.3 Å². The number of halogens is 2. The highest BCUT2D eigenvalue weighted by atomic mass is 32.1. The lowest BCUT2D eigenvalue weighted by molar-refractivity contribution is -0.117. The normalized spacial score (nSPS) is 10.6. The van der Waals surface area contributed by atoms with Gasteiger partial charge in [-0.3, -0.25) is 4.79 Å². The summed E-state index contributed by atoms with van der Waals surface area (Å²) in [6.07, 6.45) is -0.0787. The topological polar surface area (TPSA) is 56.0 Å². The van der Waals surface area contributed by atoms with Crippen molar-refractivity contribution in [3.63, 3.8) is 0 Å². The summed E-state index contributed by atoms with van der Waals surface area (Å²) in [5.74, 6) is -2.15. The van der Waals surface area contributed by atoms with Crippen LogP contribution in [0.15, 0.2) is 23.6 Å². The minimum atomic E-state index is -0.969. The van der Waals surface area contributed by atoms with E-state index in [4.69, 9.17) is 5.73 Å². The molecule has 0 amide bonds. The number of hydrogen-bond acceptors (Lipinski definition) is 4. The molecule has 2 aromatic rings. The summed E-state index contributed by atoms with van der Waals surface area (Å²) in [6, 6.07) is 3.79. The number of nitrogens with two attached hydrogens (primary N) is 1. The Morgan fingerprint density at radius 2 is 2.11 bits per heavy atom. The second-order valence-corrected chi connectivity index (χ2v) is 4.67. The number of anilines is 1. The molecule has 94 valence electrons. The molecular weight excluding hydrogens is 258 g/mol. The number of aromatic nitrogens is 1. The number of Topliss-reactive ketones (excluding diaryl/α,β-unsaturated/α-hetero) is 1. The van der Waals surface area contributed by atoms with Crippen molar-refractivity contribution in [2.75, 3.05) is 5.73 Å². The second kappa shape index (κ2) is 5.22. The van der Waals surface area contributed by atoms with E-state index in [1.54, 1.807) is 5.38 Å². The molecular formula is C12H10F2N2OS. The maximum Gasteiger partial charge on any atom is 0.180 e. The first-order valence-corrected chi connectivity index (χ1v) is 6.08. The average molecular weight is 268 g/mol. The van der Waals surface area contributed by atoms with E-state index in [0.29, 0.717) is 10.8 Å². The van der Waals surface area contributed by atoms with E-state index in [2.05, 4.69) is 4.98 Å². The van der Waals surface area contributed by atoms with Gasteiger partial charge in [-0.05, 0) is 11.6 Å². The van der Waals surface area contributed by atoms with Crippen molar-refractivity contribution in [1.29, 1.82) is 0 Å². The van der Waals surface area contributed by atoms with Crippen LogP contribution in [0.1, 0.15) is 11.3 Å². The van der Waals surface area contributed by atoms with Crippen LogP contribution in [0.25, 0.3) is 0 Å². The SMILES string of the molecule is Nc1nc(CC(=O)Cc2cccc(F)c2F)cs1. The van der Waals surface area contributed by atoms with Crippen molar-refractivity contribution in [3.05, 3.63) is 46.5 Å². The molecule has 0 saturated heterocycles. The van der Waals surface area contributed by atoms with Gasteiger partial charge in [-0.2, -0.15) is 0 Å². The maximum atomic E-state index is 13.3. The number of thiazole rings is 1. The first kappa shape index (κ1) is 12.6. The van der Waals surface area contributed by atoms with Gasteiger partial charge in [0.1, 0.15) is 5.78 Å². The molecule has 0 unspecified atom stereocenters. The number of benzene rings is 1. The number of ketones is 1. The first-order chi connectivity index (χ1) is 8.56. The summed E-state index contributed by atoms with van der Waals surface area (Å²) in [7, 11) is 0. The third-order valence-electron chi connectivity index (χ3n) is 2.37. The molecule has 1 aromatic heterocycles. The molecule has 0 spiro atoms. The van der Waals surface area contributed by atoms with Gasteiger partial charge >= 0.3 is 0 Å². The third kappa shape index (κ3) is 2.89. The van der Waals surface area contributed by atoms with Crippen molar-refractivity contribution >= 4 is 22.3 Å². The highest BCUT2D eigenvalue weighted by molar-refractivity contribution is 7.13. The van der Waals surface area contributed by atoms with Gasteiger partial charge in [-0.1, -0.05) is 12.1 Å². The summed E-state index contributed by atoms with van der Waals surface area (Å²) >= 11 is 1.24. The number of rotatable bonds is 4. The highest BCUT2D eigenvalue weighted by Crippen LogP contribution is 2.15. The number of nitrogens with zero attached hydrogens (tertiary/aromatic N) is 1. The van der Waals surface area contributed by atoms with Crippen molar-refractivity contribution in [3.8, 4) is 0 Å². The largest absolute Gasteiger partial charge is 0.375 e. The number of carbonyl (C=O) groups is 1. The predicted molar refractivity (Wildman–Crippen MR) is 65.3 cm³/mol. The molecule has 0 aliphatic heterocycles. The van der Waals surface area contributed by atoms with Crippen LogP contribution in [0.4, 0.5) is 13.9 Å². The van der Waals surface area contributed by atoms with E-state index in [1.165, 1.54) is 23.5 Å². The quantitative estimate of drug-likeness (QED) is 0.926. The molecule has 2 N–H and O–H groups in total. The van der Waals surface area contributed by atoms with Crippen LogP contribution < -0.4 is 5.73 Å². The van der Waals surface area contributed by atoms with Crippen LogP contribution in [-0.2, 0) is 17.6 Å². The zero-order valence-corrected chi connectivity index (χ0v) is 10.1. The summed E-state index contributed by atoms with van der Waals surface area (Å²) in [6.45, 7) is 0. The van der Waals surface area contributed by atoms with Gasteiger partial charge in [0.15, 0.2) is 16.8 Å². The van der Waals surface area contributed by atoms with Crippen LogP contribution in [0.2, 0.25) is 0 Å². The van der Waals surface area contributed by atoms with Crippen LogP contribution in [0.5, 0.6) is 0 Å². The molecule has 18 heavy (non-hydrogen) atoms. The lowest BCUT2D eigenvalue weighted by atomic mass is 10.1. The second-order valence-electron chi connectivity index (χ2n) is 3.78. The Bertz CT molecular complexity index is 583. The molecule has 0 bridgehead atoms. The van der Waals surface area contributed by atoms with Crippen molar-refractivity contribution in [1.82, 2.24) is 4.98 Å². The van der Waals surface area contributed by atoms with Gasteiger partial charge in [-0.25, -0.2) is 13.8 Å². The van der Waals surface area contributed by atoms with E-state index < -0.39 is 11.6 Å². The summed E-state index contributed by atoms with van der Waals surface area (Å²) in [4.78, 5) is 15.6. The fraction of sp³-hybridized carbons (Fsp3) is 0.167. The Morgan fingerprint density at radius 3 is 2.78 bits per heavy atom. The van der Waals surface area contributed by atoms with Crippen LogP contribution >= 0.6 is 11.3 Å². The number of hydrogen-bond donors (Lipinski definition) is 1. The fourth-order valence-corrected chi connectivity index (χ4v) is 2.13. The Balaban J connectivity index is 2.05. The Labute approximate surface area is 106 Å². The van der Waals surface area contributed by atoms with Crippen LogP contribution in [0, 0.1) is 11.6 Å². The van der Waals surface area contributed by atoms with E-state index in [1.807, 2.05) is 0 Å². The van der Waals surface area contributed by atoms with E-state index in [9.17, 15) is 13.6 Å². The maximum absolute atomic E-state index is 13.3. The third-order valence-corrected chi connectivity index (χ3v) is 3.09. The van der Waals surface area contributed by atoms with Crippen molar-refractivity contribution in [2.45, 2.75) is 12.8 Å². The minimum Gasteiger partial charge on any atom is -0.375 e. The fourth-order valence-electron chi connectivity index (χ4n) is 1.57. The molecule has 3 nitrogen and oxygen atoms in total. The Morgan fingerprint density at radius 1 is 1.33 bits per heavy atom. The monoisotopic (exact) mass is 268 g/mol. The lowest BCUT2D eigenvalue weighted by Gasteiger charge is -2.02. The molecule has 0 aliphatic rings. The predicted octanol–water partition coefficient (Wildman–Crippen LogP) is 2.36. The summed E-state index contributed by atoms with van der Waals surface area (Å²) in [5.41, 5.74) is 6.05. The Kier molecular flexibility index (Phi) is 3.66. The van der Waals surface area contributed by atoms with Gasteiger partial charge in [0.25, 0.3) is 0 Å². The molecule has 0 aliphatic carbocycles. The molecule has 1 heterocycles. The molecule has 0 fully saturated rings. The molecule has 6 heteroatoms. The molecule has 0 saturated carbocycles.